The second-order valence-electron chi connectivity index (χ2n) is 12.9. The Balaban J connectivity index is 1.36. The number of aromatic nitrogens is 3. The number of hydrogen-bond acceptors (Lipinski definition) is 4. The molecule has 0 radical (unpaired) electrons. The molecule has 5 aromatic rings. The van der Waals surface area contributed by atoms with Crippen LogP contribution in [0.3, 0.4) is 0 Å². The zero-order valence-electron chi connectivity index (χ0n) is 27.6. The lowest BCUT2D eigenvalue weighted by atomic mass is 9.98. The summed E-state index contributed by atoms with van der Waals surface area (Å²) >= 11 is 13.7. The average molecular weight is 670 g/mol. The van der Waals surface area contributed by atoms with Gasteiger partial charge in [-0.3, -0.25) is 19.2 Å². The van der Waals surface area contributed by atoms with Gasteiger partial charge in [0.2, 0.25) is 0 Å². The van der Waals surface area contributed by atoms with Gasteiger partial charge in [-0.2, -0.15) is 5.10 Å². The number of fused-ring (bicyclic) bond motifs is 4. The van der Waals surface area contributed by atoms with Crippen LogP contribution in [0.2, 0.25) is 5.02 Å². The summed E-state index contributed by atoms with van der Waals surface area (Å²) in [5.74, 6) is 0.738. The van der Waals surface area contributed by atoms with E-state index in [1.807, 2.05) is 62.8 Å². The van der Waals surface area contributed by atoms with Gasteiger partial charge in [-0.05, 0) is 94.3 Å². The van der Waals surface area contributed by atoms with Gasteiger partial charge >= 0.3 is 0 Å². The summed E-state index contributed by atoms with van der Waals surface area (Å²) in [4.78, 5) is 29.3. The molecular weight excluding hydrogens is 631 g/mol. The van der Waals surface area contributed by atoms with E-state index in [1.165, 1.54) is 0 Å². The smallest absolute Gasteiger partial charge is 0.276 e. The number of benzene rings is 3. The van der Waals surface area contributed by atoms with Gasteiger partial charge < -0.3 is 9.30 Å². The number of Topliss-reactive ketones (excluding diaryl/α,β-unsaturated/α-hetero) is 1. The molecule has 9 heteroatoms. The van der Waals surface area contributed by atoms with Gasteiger partial charge in [-0.15, -0.1) is 0 Å². The van der Waals surface area contributed by atoms with Crippen LogP contribution in [0.25, 0.3) is 22.0 Å². The number of carbonyl (C=O) groups excluding carboxylic acids is 2. The van der Waals surface area contributed by atoms with Crippen LogP contribution in [-0.4, -0.2) is 38.1 Å². The van der Waals surface area contributed by atoms with E-state index in [9.17, 15) is 9.59 Å². The summed E-state index contributed by atoms with van der Waals surface area (Å²) < 4.78 is 10.3. The first-order valence-electron chi connectivity index (χ1n) is 16.2. The van der Waals surface area contributed by atoms with E-state index in [0.717, 1.165) is 72.1 Å². The number of para-hydroxylation sites is 1. The van der Waals surface area contributed by atoms with Crippen LogP contribution in [-0.2, 0) is 19.9 Å². The zero-order chi connectivity index (χ0) is 33.3. The second-order valence-corrected chi connectivity index (χ2v) is 13.7. The Morgan fingerprint density at radius 2 is 1.68 bits per heavy atom. The van der Waals surface area contributed by atoms with Crippen molar-refractivity contribution in [2.75, 3.05) is 11.5 Å². The number of hydrogen-bond donors (Lipinski definition) is 0. The van der Waals surface area contributed by atoms with E-state index < -0.39 is 5.50 Å². The van der Waals surface area contributed by atoms with Crippen LogP contribution in [0.15, 0.2) is 48.5 Å². The monoisotopic (exact) mass is 668 g/mol. The molecule has 0 saturated carbocycles. The molecule has 0 saturated heterocycles. The molecule has 7 nitrogen and oxygen atoms in total. The fraction of sp³-hybridized carbons (Fsp3) is 0.342. The SMILES string of the molecule is Cc1cc(OCCCc2c3n(c4c(-c5c(C)nn(C)c5C)cccc24)C(C)[C@@H](Cl)N(c2cccc4c2CCC4=O)C3=O)cc(C)c1Cl. The third-order valence-electron chi connectivity index (χ3n) is 9.94. The Morgan fingerprint density at radius 1 is 0.979 bits per heavy atom. The fourth-order valence-corrected chi connectivity index (χ4v) is 8.04. The third kappa shape index (κ3) is 4.97. The minimum absolute atomic E-state index is 0.109. The predicted molar refractivity (Wildman–Crippen MR) is 189 cm³/mol. The molecule has 0 fully saturated rings. The molecule has 0 N–H and O–H groups in total. The van der Waals surface area contributed by atoms with Crippen LogP contribution in [0, 0.1) is 27.7 Å². The third-order valence-corrected chi connectivity index (χ3v) is 11.1. The van der Waals surface area contributed by atoms with Crippen LogP contribution in [0.5, 0.6) is 5.75 Å². The number of ether oxygens (including phenoxy) is 1. The van der Waals surface area contributed by atoms with Crippen molar-refractivity contribution in [3.8, 4) is 16.9 Å². The molecule has 2 aromatic heterocycles. The van der Waals surface area contributed by atoms with Crippen LogP contribution >= 0.6 is 23.2 Å². The number of carbonyl (C=O) groups is 2. The molecule has 2 aliphatic rings. The molecule has 1 unspecified atom stereocenters. The highest BCUT2D eigenvalue weighted by Crippen LogP contribution is 2.46. The Labute approximate surface area is 285 Å². The first-order valence-corrected chi connectivity index (χ1v) is 17.0. The molecule has 2 atom stereocenters. The number of aryl methyl sites for hydroxylation is 5. The summed E-state index contributed by atoms with van der Waals surface area (Å²) in [7, 11) is 1.95. The largest absolute Gasteiger partial charge is 0.494 e. The van der Waals surface area contributed by atoms with Crippen LogP contribution < -0.4 is 9.64 Å². The summed E-state index contributed by atoms with van der Waals surface area (Å²) in [6.07, 6.45) is 2.38. The van der Waals surface area contributed by atoms with Crippen LogP contribution in [0.1, 0.15) is 80.3 Å². The van der Waals surface area contributed by atoms with Crippen molar-refractivity contribution < 1.29 is 14.3 Å². The second kappa shape index (κ2) is 11.9. The maximum absolute atomic E-state index is 14.9. The van der Waals surface area contributed by atoms with Gasteiger partial charge in [0.15, 0.2) is 5.78 Å². The highest BCUT2D eigenvalue weighted by molar-refractivity contribution is 6.32. The highest BCUT2D eigenvalue weighted by atomic mass is 35.5. The zero-order valence-corrected chi connectivity index (χ0v) is 29.1. The van der Waals surface area contributed by atoms with Crippen molar-refractivity contribution in [1.29, 1.82) is 0 Å². The van der Waals surface area contributed by atoms with Gasteiger partial charge in [-0.1, -0.05) is 53.5 Å². The lowest BCUT2D eigenvalue weighted by molar-refractivity contribution is 0.0949. The van der Waals surface area contributed by atoms with E-state index in [-0.39, 0.29) is 17.7 Å². The lowest BCUT2D eigenvalue weighted by Gasteiger charge is -2.39. The Hall–Kier alpha value is -4.07. The van der Waals surface area contributed by atoms with Crippen molar-refractivity contribution >= 4 is 51.5 Å². The number of anilines is 1. The minimum Gasteiger partial charge on any atom is -0.494 e. The molecule has 3 heterocycles. The van der Waals surface area contributed by atoms with Gasteiger partial charge in [-0.25, -0.2) is 0 Å². The summed E-state index contributed by atoms with van der Waals surface area (Å²) in [5.41, 5.74) is 10.3. The predicted octanol–water partition coefficient (Wildman–Crippen LogP) is 8.86. The molecule has 0 bridgehead atoms. The molecule has 1 aliphatic heterocycles. The number of amides is 1. The Bertz CT molecular complexity index is 2090. The minimum atomic E-state index is -0.662. The van der Waals surface area contributed by atoms with Crippen LogP contribution in [0.4, 0.5) is 5.69 Å². The van der Waals surface area contributed by atoms with Crippen molar-refractivity contribution in [3.05, 3.63) is 98.5 Å². The van der Waals surface area contributed by atoms with Crippen molar-refractivity contribution in [2.24, 2.45) is 7.05 Å². The van der Waals surface area contributed by atoms with E-state index in [4.69, 9.17) is 33.0 Å². The van der Waals surface area contributed by atoms with Gasteiger partial charge in [0, 0.05) is 51.9 Å². The Morgan fingerprint density at radius 3 is 2.38 bits per heavy atom. The van der Waals surface area contributed by atoms with E-state index in [1.54, 1.807) is 4.90 Å². The molecule has 1 aliphatic carbocycles. The topological polar surface area (TPSA) is 69.4 Å². The number of ketones is 1. The normalized spacial score (nSPS) is 17.5. The standard InChI is InChI=1S/C38H38Cl2N4O3/c1-20-18-25(19-21(2)34(20)39)47-17-9-13-29-28-11-7-12-30(33-22(3)41-42(6)23(33)4)35(28)43-24(5)37(40)44(38(46)36(29)43)31-14-8-10-27-26(31)15-16-32(27)45/h7-8,10-12,14,18-19,24,37H,9,13,15-17H2,1-6H3/t24?,37-/m0/s1. The number of alkyl halides is 1. The summed E-state index contributed by atoms with van der Waals surface area (Å²) in [6.45, 7) is 10.6. The van der Waals surface area contributed by atoms with Crippen molar-refractivity contribution in [3.63, 3.8) is 0 Å². The molecular formula is C38H38Cl2N4O3. The molecule has 3 aromatic carbocycles. The fourth-order valence-electron chi connectivity index (χ4n) is 7.62. The van der Waals surface area contributed by atoms with Gasteiger partial charge in [0.05, 0.1) is 23.9 Å². The molecule has 0 spiro atoms. The highest BCUT2D eigenvalue weighted by Gasteiger charge is 2.43. The summed E-state index contributed by atoms with van der Waals surface area (Å²) in [5, 5.41) is 6.49. The van der Waals surface area contributed by atoms with E-state index in [0.29, 0.717) is 43.5 Å². The molecule has 242 valence electrons. The van der Waals surface area contributed by atoms with E-state index in [2.05, 4.69) is 36.6 Å². The Kier molecular flexibility index (Phi) is 7.96. The molecule has 47 heavy (non-hydrogen) atoms. The number of rotatable bonds is 7. The van der Waals surface area contributed by atoms with Gasteiger partial charge in [0.25, 0.3) is 5.91 Å². The first kappa shape index (κ1) is 31.5. The maximum Gasteiger partial charge on any atom is 0.276 e. The lowest BCUT2D eigenvalue weighted by Crippen LogP contribution is -2.48. The van der Waals surface area contributed by atoms with Crippen molar-refractivity contribution in [2.45, 2.75) is 71.8 Å². The summed E-state index contributed by atoms with van der Waals surface area (Å²) in [6, 6.07) is 15.6. The van der Waals surface area contributed by atoms with Gasteiger partial charge in [0.1, 0.15) is 16.9 Å². The van der Waals surface area contributed by atoms with Crippen molar-refractivity contribution in [1.82, 2.24) is 14.3 Å². The average Bonchev–Trinajstić information content (AvgIpc) is 3.67. The quantitative estimate of drug-likeness (QED) is 0.0987. The molecule has 7 rings (SSSR count). The molecule has 1 amide bonds. The van der Waals surface area contributed by atoms with E-state index >= 15 is 0 Å². The maximum atomic E-state index is 14.9. The number of halogens is 2. The first-order chi connectivity index (χ1) is 22.5. The number of nitrogens with zero attached hydrogens (tertiary/aromatic N) is 4.